The second kappa shape index (κ2) is 6.64. The first kappa shape index (κ1) is 14.7. The summed E-state index contributed by atoms with van der Waals surface area (Å²) in [6.07, 6.45) is 1.03. The van der Waals surface area contributed by atoms with Gasteiger partial charge in [0.2, 0.25) is 0 Å². The molecule has 2 rings (SSSR count). The molecule has 1 aromatic heterocycles. The number of aliphatic hydroxyl groups is 1. The van der Waals surface area contributed by atoms with E-state index in [-0.39, 0.29) is 18.3 Å². The van der Waals surface area contributed by atoms with Crippen molar-refractivity contribution in [2.75, 3.05) is 11.9 Å². The molecule has 0 atom stereocenters. The zero-order chi connectivity index (χ0) is 15.2. The van der Waals surface area contributed by atoms with Crippen molar-refractivity contribution in [2.45, 2.75) is 6.92 Å². The standard InChI is InChI=1S/C16H13FN2O2/c1-11-4-5-12(3-2-8-20)9-14(11)16(21)19-15-7-6-13(17)10-18-15/h4-7,9-10,20H,8H2,1H3,(H,18,19,21). The molecular weight excluding hydrogens is 271 g/mol. The lowest BCUT2D eigenvalue weighted by molar-refractivity contribution is 0.102. The summed E-state index contributed by atoms with van der Waals surface area (Å²) in [5.74, 6) is 4.72. The average molecular weight is 284 g/mol. The Hall–Kier alpha value is -2.71. The predicted molar refractivity (Wildman–Crippen MR) is 77.3 cm³/mol. The molecule has 4 nitrogen and oxygen atoms in total. The van der Waals surface area contributed by atoms with Crippen LogP contribution in [0.1, 0.15) is 21.5 Å². The molecule has 2 N–H and O–H groups in total. The quantitative estimate of drug-likeness (QED) is 0.830. The normalized spacial score (nSPS) is 9.67. The van der Waals surface area contributed by atoms with Gasteiger partial charge in [0.15, 0.2) is 0 Å². The highest BCUT2D eigenvalue weighted by Crippen LogP contribution is 2.13. The third-order valence-electron chi connectivity index (χ3n) is 2.76. The van der Waals surface area contributed by atoms with Gasteiger partial charge in [-0.1, -0.05) is 17.9 Å². The van der Waals surface area contributed by atoms with Crippen LogP contribution in [0.2, 0.25) is 0 Å². The molecule has 0 fully saturated rings. The molecule has 21 heavy (non-hydrogen) atoms. The highest BCUT2D eigenvalue weighted by molar-refractivity contribution is 6.05. The van der Waals surface area contributed by atoms with Crippen molar-refractivity contribution in [3.05, 3.63) is 59.0 Å². The van der Waals surface area contributed by atoms with E-state index in [1.165, 1.54) is 12.1 Å². The van der Waals surface area contributed by atoms with E-state index in [2.05, 4.69) is 22.1 Å². The number of pyridine rings is 1. The van der Waals surface area contributed by atoms with Gasteiger partial charge >= 0.3 is 0 Å². The zero-order valence-corrected chi connectivity index (χ0v) is 11.4. The summed E-state index contributed by atoms with van der Waals surface area (Å²) in [7, 11) is 0. The first-order valence-electron chi connectivity index (χ1n) is 6.23. The number of amides is 1. The maximum Gasteiger partial charge on any atom is 0.257 e. The number of aromatic nitrogens is 1. The lowest BCUT2D eigenvalue weighted by atomic mass is 10.0. The molecule has 1 amide bonds. The molecular formula is C16H13FN2O2. The summed E-state index contributed by atoms with van der Waals surface area (Å²) in [4.78, 5) is 16.0. The Morgan fingerprint density at radius 3 is 2.86 bits per heavy atom. The third kappa shape index (κ3) is 3.88. The molecule has 1 aromatic carbocycles. The molecule has 0 saturated carbocycles. The Morgan fingerprint density at radius 2 is 2.19 bits per heavy atom. The van der Waals surface area contributed by atoms with Crippen LogP contribution in [0, 0.1) is 24.6 Å². The van der Waals surface area contributed by atoms with Crippen LogP contribution in [0.3, 0.4) is 0 Å². The minimum absolute atomic E-state index is 0.241. The number of aliphatic hydroxyl groups excluding tert-OH is 1. The maximum absolute atomic E-state index is 12.8. The third-order valence-corrected chi connectivity index (χ3v) is 2.76. The molecule has 0 aliphatic carbocycles. The number of rotatable bonds is 2. The van der Waals surface area contributed by atoms with Crippen LogP contribution in [0.4, 0.5) is 10.2 Å². The molecule has 0 unspecified atom stereocenters. The Morgan fingerprint density at radius 1 is 1.38 bits per heavy atom. The predicted octanol–water partition coefficient (Wildman–Crippen LogP) is 2.13. The second-order valence-corrected chi connectivity index (χ2v) is 4.31. The molecule has 106 valence electrons. The minimum atomic E-state index is -0.467. The van der Waals surface area contributed by atoms with Crippen LogP contribution in [0.5, 0.6) is 0 Å². The SMILES string of the molecule is Cc1ccc(C#CCO)cc1C(=O)Nc1ccc(F)cn1. The molecule has 0 radical (unpaired) electrons. The number of benzene rings is 1. The fourth-order valence-corrected chi connectivity index (χ4v) is 1.72. The van der Waals surface area contributed by atoms with E-state index in [0.29, 0.717) is 11.1 Å². The number of nitrogens with zero attached hydrogens (tertiary/aromatic N) is 1. The summed E-state index contributed by atoms with van der Waals surface area (Å²) < 4.78 is 12.8. The van der Waals surface area contributed by atoms with E-state index in [4.69, 9.17) is 5.11 Å². The number of hydrogen-bond acceptors (Lipinski definition) is 3. The van der Waals surface area contributed by atoms with Crippen molar-refractivity contribution in [1.82, 2.24) is 4.98 Å². The van der Waals surface area contributed by atoms with Crippen molar-refractivity contribution in [1.29, 1.82) is 0 Å². The van der Waals surface area contributed by atoms with Crippen molar-refractivity contribution < 1.29 is 14.3 Å². The number of nitrogens with one attached hydrogen (secondary N) is 1. The Labute approximate surface area is 121 Å². The van der Waals surface area contributed by atoms with Crippen molar-refractivity contribution in [3.8, 4) is 11.8 Å². The largest absolute Gasteiger partial charge is 0.384 e. The number of aryl methyl sites for hydroxylation is 1. The van der Waals surface area contributed by atoms with Gasteiger partial charge in [-0.25, -0.2) is 9.37 Å². The second-order valence-electron chi connectivity index (χ2n) is 4.31. The number of anilines is 1. The van der Waals surface area contributed by atoms with Crippen LogP contribution in [-0.4, -0.2) is 22.6 Å². The van der Waals surface area contributed by atoms with Crippen LogP contribution in [-0.2, 0) is 0 Å². The summed E-state index contributed by atoms with van der Waals surface area (Å²) in [5, 5.41) is 11.3. The van der Waals surface area contributed by atoms with Gasteiger partial charge in [0, 0.05) is 11.1 Å². The fourth-order valence-electron chi connectivity index (χ4n) is 1.72. The van der Waals surface area contributed by atoms with Crippen LogP contribution < -0.4 is 5.32 Å². The fraction of sp³-hybridized carbons (Fsp3) is 0.125. The Bertz CT molecular complexity index is 715. The lowest BCUT2D eigenvalue weighted by Crippen LogP contribution is -2.14. The van der Waals surface area contributed by atoms with Gasteiger partial charge in [-0.3, -0.25) is 4.79 Å². The zero-order valence-electron chi connectivity index (χ0n) is 11.4. The van der Waals surface area contributed by atoms with Crippen molar-refractivity contribution in [3.63, 3.8) is 0 Å². The smallest absolute Gasteiger partial charge is 0.257 e. The summed E-state index contributed by atoms with van der Waals surface area (Å²) >= 11 is 0. The average Bonchev–Trinajstić information content (AvgIpc) is 2.48. The highest BCUT2D eigenvalue weighted by Gasteiger charge is 2.10. The molecule has 1 heterocycles. The Kier molecular flexibility index (Phi) is 4.64. The summed E-state index contributed by atoms with van der Waals surface area (Å²) in [5.41, 5.74) is 1.86. The van der Waals surface area contributed by atoms with E-state index < -0.39 is 5.82 Å². The van der Waals surface area contributed by atoms with Crippen LogP contribution >= 0.6 is 0 Å². The van der Waals surface area contributed by atoms with Gasteiger partial charge in [-0.15, -0.1) is 0 Å². The van der Waals surface area contributed by atoms with E-state index in [1.807, 2.05) is 0 Å². The summed E-state index contributed by atoms with van der Waals surface area (Å²) in [6, 6.07) is 7.78. The topological polar surface area (TPSA) is 62.2 Å². The molecule has 0 saturated heterocycles. The van der Waals surface area contributed by atoms with Crippen molar-refractivity contribution >= 4 is 11.7 Å². The first-order chi connectivity index (χ1) is 10.1. The lowest BCUT2D eigenvalue weighted by Gasteiger charge is -2.07. The summed E-state index contributed by atoms with van der Waals surface area (Å²) in [6.45, 7) is 1.56. The number of carbonyl (C=O) groups excluding carboxylic acids is 1. The number of carbonyl (C=O) groups is 1. The van der Waals surface area contributed by atoms with Gasteiger partial charge in [0.1, 0.15) is 18.2 Å². The van der Waals surface area contributed by atoms with E-state index >= 15 is 0 Å². The maximum atomic E-state index is 12.8. The molecule has 5 heteroatoms. The number of hydrogen-bond donors (Lipinski definition) is 2. The Balaban J connectivity index is 2.23. The van der Waals surface area contributed by atoms with Gasteiger partial charge in [0.05, 0.1) is 6.20 Å². The highest BCUT2D eigenvalue weighted by atomic mass is 19.1. The van der Waals surface area contributed by atoms with Gasteiger partial charge in [-0.05, 0) is 36.8 Å². The molecule has 2 aromatic rings. The van der Waals surface area contributed by atoms with Gasteiger partial charge < -0.3 is 10.4 Å². The van der Waals surface area contributed by atoms with Gasteiger partial charge in [0.25, 0.3) is 5.91 Å². The molecule has 0 bridgehead atoms. The molecule has 0 spiro atoms. The first-order valence-corrected chi connectivity index (χ1v) is 6.23. The number of halogens is 1. The van der Waals surface area contributed by atoms with E-state index in [1.54, 1.807) is 25.1 Å². The van der Waals surface area contributed by atoms with E-state index in [9.17, 15) is 9.18 Å². The monoisotopic (exact) mass is 284 g/mol. The minimum Gasteiger partial charge on any atom is -0.384 e. The molecule has 0 aliphatic rings. The van der Waals surface area contributed by atoms with Crippen LogP contribution in [0.15, 0.2) is 36.5 Å². The molecule has 0 aliphatic heterocycles. The van der Waals surface area contributed by atoms with Crippen LogP contribution in [0.25, 0.3) is 0 Å². The van der Waals surface area contributed by atoms with E-state index in [0.717, 1.165) is 11.8 Å². The van der Waals surface area contributed by atoms with Crippen molar-refractivity contribution in [2.24, 2.45) is 0 Å². The van der Waals surface area contributed by atoms with Gasteiger partial charge in [-0.2, -0.15) is 0 Å².